The lowest BCUT2D eigenvalue weighted by atomic mass is 10.1. The Morgan fingerprint density at radius 3 is 2.48 bits per heavy atom. The molecule has 0 N–H and O–H groups in total. The van der Waals surface area contributed by atoms with Gasteiger partial charge in [0.1, 0.15) is 17.2 Å². The standard InChI is InChI=1S/C22H25N3O4/c1-26-18-6-4-5-15(11-18)22-23-21(29-24-22)14-25(17-7-8-17)13-16-12-19(27-2)9-10-20(16)28-3/h4-6,9-12,17H,7-8,13-14H2,1-3H3. The SMILES string of the molecule is COc1cccc(-c2noc(CN(Cc3cc(OC)ccc3OC)C3CC3)n2)c1. The summed E-state index contributed by atoms with van der Waals surface area (Å²) in [5, 5.41) is 4.15. The topological polar surface area (TPSA) is 69.9 Å². The van der Waals surface area contributed by atoms with Crippen molar-refractivity contribution >= 4 is 0 Å². The van der Waals surface area contributed by atoms with Crippen molar-refractivity contribution in [1.29, 1.82) is 0 Å². The van der Waals surface area contributed by atoms with Crippen LogP contribution >= 0.6 is 0 Å². The molecule has 0 radical (unpaired) electrons. The highest BCUT2D eigenvalue weighted by atomic mass is 16.5. The molecule has 1 aliphatic rings. The molecule has 0 unspecified atom stereocenters. The van der Waals surface area contributed by atoms with E-state index in [9.17, 15) is 0 Å². The van der Waals surface area contributed by atoms with Gasteiger partial charge in [-0.25, -0.2) is 0 Å². The smallest absolute Gasteiger partial charge is 0.241 e. The van der Waals surface area contributed by atoms with E-state index in [1.807, 2.05) is 42.5 Å². The van der Waals surface area contributed by atoms with Crippen molar-refractivity contribution in [3.05, 3.63) is 53.9 Å². The summed E-state index contributed by atoms with van der Waals surface area (Å²) in [5.41, 5.74) is 1.94. The second-order valence-electron chi connectivity index (χ2n) is 7.06. The van der Waals surface area contributed by atoms with Gasteiger partial charge in [0.25, 0.3) is 0 Å². The number of hydrogen-bond donors (Lipinski definition) is 0. The van der Waals surface area contributed by atoms with Crippen LogP contribution in [0.3, 0.4) is 0 Å². The summed E-state index contributed by atoms with van der Waals surface area (Å²) in [6.07, 6.45) is 2.34. The minimum atomic E-state index is 0.512. The number of benzene rings is 2. The molecule has 0 spiro atoms. The number of ether oxygens (including phenoxy) is 3. The zero-order valence-corrected chi connectivity index (χ0v) is 16.9. The van der Waals surface area contributed by atoms with Crippen molar-refractivity contribution in [2.45, 2.75) is 32.0 Å². The van der Waals surface area contributed by atoms with Gasteiger partial charge in [0, 0.05) is 23.7 Å². The van der Waals surface area contributed by atoms with Crippen molar-refractivity contribution in [1.82, 2.24) is 15.0 Å². The van der Waals surface area contributed by atoms with Crippen LogP contribution < -0.4 is 14.2 Å². The van der Waals surface area contributed by atoms with E-state index < -0.39 is 0 Å². The lowest BCUT2D eigenvalue weighted by molar-refractivity contribution is 0.207. The third-order valence-corrected chi connectivity index (χ3v) is 5.06. The molecule has 1 saturated carbocycles. The maximum absolute atomic E-state index is 5.54. The average Bonchev–Trinajstić information content (AvgIpc) is 3.51. The van der Waals surface area contributed by atoms with Gasteiger partial charge in [0.15, 0.2) is 0 Å². The molecule has 0 aliphatic heterocycles. The third-order valence-electron chi connectivity index (χ3n) is 5.06. The van der Waals surface area contributed by atoms with Crippen LogP contribution in [0.4, 0.5) is 0 Å². The van der Waals surface area contributed by atoms with Gasteiger partial charge in [0.2, 0.25) is 11.7 Å². The number of nitrogens with zero attached hydrogens (tertiary/aromatic N) is 3. The Morgan fingerprint density at radius 2 is 1.76 bits per heavy atom. The van der Waals surface area contributed by atoms with E-state index in [1.165, 1.54) is 12.8 Å². The Labute approximate surface area is 170 Å². The predicted molar refractivity (Wildman–Crippen MR) is 108 cm³/mol. The zero-order chi connectivity index (χ0) is 20.2. The number of aromatic nitrogens is 2. The molecular formula is C22H25N3O4. The number of methoxy groups -OCH3 is 3. The maximum atomic E-state index is 5.54. The quantitative estimate of drug-likeness (QED) is 0.544. The first kappa shape index (κ1) is 19.3. The highest BCUT2D eigenvalue weighted by Crippen LogP contribution is 2.33. The van der Waals surface area contributed by atoms with Gasteiger partial charge < -0.3 is 18.7 Å². The van der Waals surface area contributed by atoms with Gasteiger partial charge in [-0.05, 0) is 43.2 Å². The van der Waals surface area contributed by atoms with Gasteiger partial charge in [0.05, 0.1) is 27.9 Å². The van der Waals surface area contributed by atoms with Crippen molar-refractivity contribution in [2.24, 2.45) is 0 Å². The largest absolute Gasteiger partial charge is 0.497 e. The van der Waals surface area contributed by atoms with Gasteiger partial charge >= 0.3 is 0 Å². The van der Waals surface area contributed by atoms with E-state index in [1.54, 1.807) is 21.3 Å². The summed E-state index contributed by atoms with van der Waals surface area (Å²) in [6.45, 7) is 1.31. The zero-order valence-electron chi connectivity index (χ0n) is 16.9. The van der Waals surface area contributed by atoms with Crippen LogP contribution in [0.5, 0.6) is 17.2 Å². The van der Waals surface area contributed by atoms with Crippen LogP contribution in [0.15, 0.2) is 47.0 Å². The molecule has 7 nitrogen and oxygen atoms in total. The lowest BCUT2D eigenvalue weighted by Crippen LogP contribution is -2.25. The first-order chi connectivity index (χ1) is 14.2. The molecule has 2 aromatic carbocycles. The summed E-state index contributed by atoms with van der Waals surface area (Å²) in [7, 11) is 5.00. The first-order valence-electron chi connectivity index (χ1n) is 9.62. The van der Waals surface area contributed by atoms with Crippen LogP contribution in [0.2, 0.25) is 0 Å². The molecule has 0 saturated heterocycles. The van der Waals surface area contributed by atoms with E-state index in [4.69, 9.17) is 18.7 Å². The average molecular weight is 395 g/mol. The molecule has 3 aromatic rings. The molecule has 29 heavy (non-hydrogen) atoms. The van der Waals surface area contributed by atoms with E-state index in [2.05, 4.69) is 15.0 Å². The van der Waals surface area contributed by atoms with E-state index >= 15 is 0 Å². The monoisotopic (exact) mass is 395 g/mol. The Morgan fingerprint density at radius 1 is 0.966 bits per heavy atom. The summed E-state index contributed by atoms with van der Waals surface area (Å²) in [6, 6.07) is 14.0. The third kappa shape index (κ3) is 4.51. The lowest BCUT2D eigenvalue weighted by Gasteiger charge is -2.21. The minimum absolute atomic E-state index is 0.512. The van der Waals surface area contributed by atoms with Crippen molar-refractivity contribution in [2.75, 3.05) is 21.3 Å². The van der Waals surface area contributed by atoms with Crippen molar-refractivity contribution in [3.63, 3.8) is 0 Å². The predicted octanol–water partition coefficient (Wildman–Crippen LogP) is 3.93. The van der Waals surface area contributed by atoms with Crippen molar-refractivity contribution < 1.29 is 18.7 Å². The van der Waals surface area contributed by atoms with Crippen LogP contribution in [-0.2, 0) is 13.1 Å². The number of hydrogen-bond acceptors (Lipinski definition) is 7. The number of rotatable bonds is 9. The van der Waals surface area contributed by atoms with Crippen molar-refractivity contribution in [3.8, 4) is 28.6 Å². The van der Waals surface area contributed by atoms with E-state index in [0.717, 1.165) is 34.9 Å². The van der Waals surface area contributed by atoms with Gasteiger partial charge in [-0.2, -0.15) is 4.98 Å². The Balaban J connectivity index is 1.52. The molecular weight excluding hydrogens is 370 g/mol. The molecule has 4 rings (SSSR count). The highest BCUT2D eigenvalue weighted by molar-refractivity contribution is 5.56. The molecule has 1 aromatic heterocycles. The molecule has 152 valence electrons. The molecule has 0 atom stereocenters. The minimum Gasteiger partial charge on any atom is -0.497 e. The maximum Gasteiger partial charge on any atom is 0.241 e. The Hall–Kier alpha value is -3.06. The Bertz CT molecular complexity index is 968. The molecule has 1 fully saturated rings. The fraction of sp³-hybridized carbons (Fsp3) is 0.364. The molecule has 1 aliphatic carbocycles. The van der Waals surface area contributed by atoms with Crippen LogP contribution in [0.1, 0.15) is 24.3 Å². The molecule has 0 amide bonds. The summed E-state index contributed by atoms with van der Waals surface area (Å²) in [4.78, 5) is 6.94. The Kier molecular flexibility index (Phi) is 5.67. The molecule has 0 bridgehead atoms. The van der Waals surface area contributed by atoms with Gasteiger partial charge in [-0.3, -0.25) is 4.90 Å². The second-order valence-corrected chi connectivity index (χ2v) is 7.06. The second kappa shape index (κ2) is 8.53. The van der Waals surface area contributed by atoms with E-state index in [-0.39, 0.29) is 0 Å². The molecule has 1 heterocycles. The highest BCUT2D eigenvalue weighted by Gasteiger charge is 2.31. The summed E-state index contributed by atoms with van der Waals surface area (Å²) < 4.78 is 21.7. The summed E-state index contributed by atoms with van der Waals surface area (Å²) >= 11 is 0. The first-order valence-corrected chi connectivity index (χ1v) is 9.62. The van der Waals surface area contributed by atoms with Gasteiger partial charge in [-0.15, -0.1) is 0 Å². The fourth-order valence-corrected chi connectivity index (χ4v) is 3.35. The van der Waals surface area contributed by atoms with Crippen LogP contribution in [-0.4, -0.2) is 42.4 Å². The van der Waals surface area contributed by atoms with Gasteiger partial charge in [-0.1, -0.05) is 17.3 Å². The van der Waals surface area contributed by atoms with Crippen LogP contribution in [0.25, 0.3) is 11.4 Å². The normalized spacial score (nSPS) is 13.5. The summed E-state index contributed by atoms with van der Waals surface area (Å²) in [5.74, 6) is 3.58. The molecule has 7 heteroatoms. The fourth-order valence-electron chi connectivity index (χ4n) is 3.35. The van der Waals surface area contributed by atoms with Crippen LogP contribution in [0, 0.1) is 0 Å². The van der Waals surface area contributed by atoms with E-state index in [0.29, 0.717) is 24.3 Å².